The Kier molecular flexibility index (Phi) is 2.59. The van der Waals surface area contributed by atoms with Crippen molar-refractivity contribution in [2.45, 2.75) is 44.1 Å². The van der Waals surface area contributed by atoms with Gasteiger partial charge in [0, 0.05) is 12.0 Å². The monoisotopic (exact) mass is 196 g/mol. The van der Waals surface area contributed by atoms with E-state index in [1.54, 1.807) is 0 Å². The molecule has 0 amide bonds. The van der Waals surface area contributed by atoms with E-state index >= 15 is 0 Å². The van der Waals surface area contributed by atoms with Crippen LogP contribution in [0.2, 0.25) is 0 Å². The fourth-order valence-electron chi connectivity index (χ4n) is 2.22. The van der Waals surface area contributed by atoms with Gasteiger partial charge in [-0.15, -0.1) is 0 Å². The standard InChI is InChI=1S/C11H16O3/c12-10(9-4-7-14-8-9)11(13)5-2-1-3-6-11/h8,13H,1-7H2. The van der Waals surface area contributed by atoms with Crippen LogP contribution in [0.1, 0.15) is 38.5 Å². The van der Waals surface area contributed by atoms with Crippen LogP contribution in [-0.2, 0) is 9.53 Å². The summed E-state index contributed by atoms with van der Waals surface area (Å²) >= 11 is 0. The van der Waals surface area contributed by atoms with Gasteiger partial charge in [-0.3, -0.25) is 4.79 Å². The van der Waals surface area contributed by atoms with Crippen molar-refractivity contribution in [3.63, 3.8) is 0 Å². The molecule has 78 valence electrons. The Morgan fingerprint density at radius 3 is 2.64 bits per heavy atom. The first-order chi connectivity index (χ1) is 6.72. The average molecular weight is 196 g/mol. The Balaban J connectivity index is 2.08. The van der Waals surface area contributed by atoms with Crippen LogP contribution in [0.3, 0.4) is 0 Å². The van der Waals surface area contributed by atoms with E-state index in [4.69, 9.17) is 4.74 Å². The summed E-state index contributed by atoms with van der Waals surface area (Å²) in [6.45, 7) is 0.581. The first-order valence-electron chi connectivity index (χ1n) is 5.30. The Labute approximate surface area is 83.8 Å². The third-order valence-corrected chi connectivity index (χ3v) is 3.11. The molecule has 0 aromatic carbocycles. The largest absolute Gasteiger partial charge is 0.500 e. The van der Waals surface area contributed by atoms with Crippen LogP contribution in [-0.4, -0.2) is 23.1 Å². The third-order valence-electron chi connectivity index (χ3n) is 3.11. The molecule has 14 heavy (non-hydrogen) atoms. The summed E-state index contributed by atoms with van der Waals surface area (Å²) in [4.78, 5) is 11.9. The SMILES string of the molecule is O=C(C1=COCC1)C1(O)CCCCC1. The zero-order valence-corrected chi connectivity index (χ0v) is 8.29. The summed E-state index contributed by atoms with van der Waals surface area (Å²) in [6.07, 6.45) is 6.43. The van der Waals surface area contributed by atoms with Gasteiger partial charge in [0.15, 0.2) is 5.78 Å². The molecule has 3 heteroatoms. The molecule has 0 bridgehead atoms. The molecule has 0 aromatic heterocycles. The van der Waals surface area contributed by atoms with Crippen LogP contribution in [0.5, 0.6) is 0 Å². The number of carbonyl (C=O) groups is 1. The Bertz CT molecular complexity index is 262. The summed E-state index contributed by atoms with van der Waals surface area (Å²) in [7, 11) is 0. The molecule has 1 N–H and O–H groups in total. The van der Waals surface area contributed by atoms with Crippen molar-refractivity contribution in [2.75, 3.05) is 6.61 Å². The number of aliphatic hydroxyl groups is 1. The predicted octanol–water partition coefficient (Wildman–Crippen LogP) is 1.55. The van der Waals surface area contributed by atoms with E-state index in [2.05, 4.69) is 0 Å². The molecule has 1 fully saturated rings. The highest BCUT2D eigenvalue weighted by Crippen LogP contribution is 2.32. The first-order valence-corrected chi connectivity index (χ1v) is 5.30. The fourth-order valence-corrected chi connectivity index (χ4v) is 2.22. The second kappa shape index (κ2) is 3.73. The molecule has 0 unspecified atom stereocenters. The minimum absolute atomic E-state index is 0.102. The van der Waals surface area contributed by atoms with Crippen LogP contribution in [0.25, 0.3) is 0 Å². The minimum atomic E-state index is -1.09. The van der Waals surface area contributed by atoms with Crippen LogP contribution in [0.15, 0.2) is 11.8 Å². The van der Waals surface area contributed by atoms with Crippen molar-refractivity contribution in [1.82, 2.24) is 0 Å². The number of hydrogen-bond donors (Lipinski definition) is 1. The van der Waals surface area contributed by atoms with E-state index in [0.717, 1.165) is 19.3 Å². The lowest BCUT2D eigenvalue weighted by Crippen LogP contribution is -2.41. The van der Waals surface area contributed by atoms with Gasteiger partial charge in [0.1, 0.15) is 5.60 Å². The highest BCUT2D eigenvalue weighted by atomic mass is 16.5. The van der Waals surface area contributed by atoms with Crippen LogP contribution >= 0.6 is 0 Å². The average Bonchev–Trinajstić information content (AvgIpc) is 2.70. The molecule has 1 heterocycles. The van der Waals surface area contributed by atoms with Crippen LogP contribution in [0.4, 0.5) is 0 Å². The topological polar surface area (TPSA) is 46.5 Å². The summed E-state index contributed by atoms with van der Waals surface area (Å²) in [5.41, 5.74) is -0.424. The molecule has 1 aliphatic heterocycles. The lowest BCUT2D eigenvalue weighted by atomic mass is 9.79. The van der Waals surface area contributed by atoms with Gasteiger partial charge in [0.25, 0.3) is 0 Å². The van der Waals surface area contributed by atoms with Gasteiger partial charge in [0.05, 0.1) is 12.9 Å². The number of carbonyl (C=O) groups excluding carboxylic acids is 1. The van der Waals surface area contributed by atoms with Gasteiger partial charge in [-0.05, 0) is 12.8 Å². The predicted molar refractivity (Wildman–Crippen MR) is 51.7 cm³/mol. The van der Waals surface area contributed by atoms with Crippen LogP contribution < -0.4 is 0 Å². The van der Waals surface area contributed by atoms with E-state index in [-0.39, 0.29) is 5.78 Å². The van der Waals surface area contributed by atoms with Crippen LogP contribution in [0, 0.1) is 0 Å². The van der Waals surface area contributed by atoms with E-state index in [1.807, 2.05) is 0 Å². The maximum atomic E-state index is 11.9. The van der Waals surface area contributed by atoms with Crippen molar-refractivity contribution < 1.29 is 14.6 Å². The van der Waals surface area contributed by atoms with Crippen molar-refractivity contribution in [2.24, 2.45) is 0 Å². The van der Waals surface area contributed by atoms with Crippen molar-refractivity contribution in [3.8, 4) is 0 Å². The summed E-state index contributed by atoms with van der Waals surface area (Å²) in [6, 6.07) is 0. The molecule has 0 saturated heterocycles. The number of ether oxygens (including phenoxy) is 1. The molecule has 0 atom stereocenters. The highest BCUT2D eigenvalue weighted by molar-refractivity contribution is 6.01. The smallest absolute Gasteiger partial charge is 0.193 e. The Morgan fingerprint density at radius 2 is 2.07 bits per heavy atom. The van der Waals surface area contributed by atoms with E-state index in [9.17, 15) is 9.90 Å². The molecule has 0 spiro atoms. The molecular formula is C11H16O3. The van der Waals surface area contributed by atoms with Crippen molar-refractivity contribution in [3.05, 3.63) is 11.8 Å². The second-order valence-electron chi connectivity index (χ2n) is 4.19. The lowest BCUT2D eigenvalue weighted by molar-refractivity contribution is -0.136. The second-order valence-corrected chi connectivity index (χ2v) is 4.19. The van der Waals surface area contributed by atoms with E-state index < -0.39 is 5.60 Å². The van der Waals surface area contributed by atoms with E-state index in [1.165, 1.54) is 6.26 Å². The molecule has 3 nitrogen and oxygen atoms in total. The number of hydrogen-bond acceptors (Lipinski definition) is 3. The molecule has 1 aliphatic carbocycles. The number of ketones is 1. The summed E-state index contributed by atoms with van der Waals surface area (Å²) in [5, 5.41) is 10.2. The maximum Gasteiger partial charge on any atom is 0.193 e. The molecular weight excluding hydrogens is 180 g/mol. The third kappa shape index (κ3) is 1.69. The highest BCUT2D eigenvalue weighted by Gasteiger charge is 2.39. The first kappa shape index (κ1) is 9.71. The number of rotatable bonds is 2. The zero-order chi connectivity index (χ0) is 10.0. The summed E-state index contributed by atoms with van der Waals surface area (Å²) < 4.78 is 5.02. The maximum absolute atomic E-state index is 11.9. The van der Waals surface area contributed by atoms with Gasteiger partial charge in [-0.1, -0.05) is 19.3 Å². The normalized spacial score (nSPS) is 25.4. The van der Waals surface area contributed by atoms with Gasteiger partial charge in [0.2, 0.25) is 0 Å². The molecule has 0 radical (unpaired) electrons. The summed E-state index contributed by atoms with van der Waals surface area (Å²) in [5.74, 6) is -0.102. The minimum Gasteiger partial charge on any atom is -0.500 e. The van der Waals surface area contributed by atoms with Gasteiger partial charge >= 0.3 is 0 Å². The Hall–Kier alpha value is -0.830. The van der Waals surface area contributed by atoms with Gasteiger partial charge in [-0.25, -0.2) is 0 Å². The van der Waals surface area contributed by atoms with E-state index in [0.29, 0.717) is 31.4 Å². The quantitative estimate of drug-likeness (QED) is 0.729. The zero-order valence-electron chi connectivity index (χ0n) is 8.29. The molecule has 1 saturated carbocycles. The van der Waals surface area contributed by atoms with Gasteiger partial charge in [-0.2, -0.15) is 0 Å². The molecule has 2 aliphatic rings. The van der Waals surface area contributed by atoms with Crippen molar-refractivity contribution in [1.29, 1.82) is 0 Å². The molecule has 0 aromatic rings. The van der Waals surface area contributed by atoms with Crippen molar-refractivity contribution >= 4 is 5.78 Å². The fraction of sp³-hybridized carbons (Fsp3) is 0.727. The number of Topliss-reactive ketones (excluding diaryl/α,β-unsaturated/α-hetero) is 1. The Morgan fingerprint density at radius 1 is 1.36 bits per heavy atom. The lowest BCUT2D eigenvalue weighted by Gasteiger charge is -2.30. The molecule has 2 rings (SSSR count). The van der Waals surface area contributed by atoms with Gasteiger partial charge < -0.3 is 9.84 Å².